The van der Waals surface area contributed by atoms with Gasteiger partial charge in [0.15, 0.2) is 11.0 Å². The van der Waals surface area contributed by atoms with E-state index >= 15 is 0 Å². The average Bonchev–Trinajstić information content (AvgIpc) is 2.47. The molecule has 6 heteroatoms. The number of nitrogens with zero attached hydrogens (tertiary/aromatic N) is 2. The van der Waals surface area contributed by atoms with Crippen LogP contribution in [0.25, 0.3) is 0 Å². The molecule has 2 rings (SSSR count). The first-order valence-corrected chi connectivity index (χ1v) is 4.53. The van der Waals surface area contributed by atoms with E-state index in [1.807, 2.05) is 0 Å². The van der Waals surface area contributed by atoms with E-state index in [1.165, 1.54) is 18.3 Å². The highest BCUT2D eigenvalue weighted by Gasteiger charge is 2.17. The second kappa shape index (κ2) is 2.74. The molecule has 1 aromatic rings. The van der Waals surface area contributed by atoms with E-state index in [0.29, 0.717) is 10.5 Å². The summed E-state index contributed by atoms with van der Waals surface area (Å²) < 4.78 is 14.8. The van der Waals surface area contributed by atoms with Crippen LogP contribution in [0.1, 0.15) is 5.56 Å². The molecule has 0 saturated carbocycles. The molecule has 0 aromatic heterocycles. The quantitative estimate of drug-likeness (QED) is 0.497. The lowest BCUT2D eigenvalue weighted by atomic mass is 10.2. The van der Waals surface area contributed by atoms with E-state index in [0.717, 1.165) is 0 Å². The molecular formula is C7H4N2O3S. The van der Waals surface area contributed by atoms with Crippen LogP contribution in [-0.2, 0) is 11.0 Å². The highest BCUT2D eigenvalue weighted by Crippen LogP contribution is 2.23. The summed E-state index contributed by atoms with van der Waals surface area (Å²) in [6.07, 6.45) is 1.45. The maximum absolute atomic E-state index is 11.1. The summed E-state index contributed by atoms with van der Waals surface area (Å²) in [6.45, 7) is 0. The van der Waals surface area contributed by atoms with Crippen molar-refractivity contribution < 1.29 is 9.13 Å². The maximum atomic E-state index is 11.1. The molecule has 0 radical (unpaired) electrons. The van der Waals surface area contributed by atoms with Gasteiger partial charge in [0.2, 0.25) is 0 Å². The highest BCUT2D eigenvalue weighted by atomic mass is 32.2. The van der Waals surface area contributed by atoms with Gasteiger partial charge in [0.25, 0.3) is 5.69 Å². The molecule has 1 aromatic carbocycles. The molecule has 0 saturated heterocycles. The van der Waals surface area contributed by atoms with E-state index in [9.17, 15) is 14.3 Å². The molecule has 66 valence electrons. The minimum absolute atomic E-state index is 0.0578. The van der Waals surface area contributed by atoms with Crippen molar-refractivity contribution in [3.63, 3.8) is 0 Å². The number of hydrogen-bond donors (Lipinski definition) is 0. The van der Waals surface area contributed by atoms with Crippen molar-refractivity contribution in [2.75, 3.05) is 0 Å². The Balaban J connectivity index is 2.57. The number of nitro benzene ring substituents is 1. The fourth-order valence-corrected chi connectivity index (χ4v) is 1.92. The van der Waals surface area contributed by atoms with Crippen LogP contribution in [-0.4, -0.2) is 15.3 Å². The van der Waals surface area contributed by atoms with Crippen LogP contribution in [0.4, 0.5) is 5.69 Å². The molecule has 0 N–H and O–H groups in total. The van der Waals surface area contributed by atoms with E-state index in [1.54, 1.807) is 6.07 Å². The van der Waals surface area contributed by atoms with Gasteiger partial charge in [0.05, 0.1) is 9.82 Å². The largest absolute Gasteiger partial charge is 0.270 e. The molecule has 1 heterocycles. The summed E-state index contributed by atoms with van der Waals surface area (Å²) in [4.78, 5) is 10.3. The fraction of sp³-hybridized carbons (Fsp3) is 0. The Morgan fingerprint density at radius 2 is 2.23 bits per heavy atom. The van der Waals surface area contributed by atoms with Gasteiger partial charge >= 0.3 is 0 Å². The normalized spacial score (nSPS) is 18.6. The molecular weight excluding hydrogens is 192 g/mol. The molecule has 0 spiro atoms. The Bertz CT molecular complexity index is 441. The van der Waals surface area contributed by atoms with Gasteiger partial charge in [-0.1, -0.05) is 0 Å². The number of nitro groups is 1. The Morgan fingerprint density at radius 1 is 1.46 bits per heavy atom. The third-order valence-electron chi connectivity index (χ3n) is 1.68. The van der Waals surface area contributed by atoms with Crippen molar-refractivity contribution in [2.45, 2.75) is 4.90 Å². The predicted octanol–water partition coefficient (Wildman–Crippen LogP) is 1.05. The number of rotatable bonds is 1. The van der Waals surface area contributed by atoms with Gasteiger partial charge in [-0.15, -0.1) is 0 Å². The summed E-state index contributed by atoms with van der Waals surface area (Å²) in [7, 11) is -1.46. The fourth-order valence-electron chi connectivity index (χ4n) is 1.06. The summed E-state index contributed by atoms with van der Waals surface area (Å²) in [5.74, 6) is 0. The summed E-state index contributed by atoms with van der Waals surface area (Å²) in [5, 5.41) is 10.4. The van der Waals surface area contributed by atoms with Crippen LogP contribution in [0.15, 0.2) is 27.5 Å². The standard InChI is InChI=1S/C7H4N2O3S/c10-9(11)6-2-1-5-4-8-13(12)7(5)3-6/h1-4H. The summed E-state index contributed by atoms with van der Waals surface area (Å²) in [6, 6.07) is 4.20. The molecule has 1 unspecified atom stereocenters. The van der Waals surface area contributed by atoms with Crippen molar-refractivity contribution >= 4 is 22.9 Å². The summed E-state index contributed by atoms with van der Waals surface area (Å²) >= 11 is 0. The number of non-ortho nitro benzene ring substituents is 1. The predicted molar refractivity (Wildman–Crippen MR) is 47.1 cm³/mol. The maximum Gasteiger partial charge on any atom is 0.270 e. The van der Waals surface area contributed by atoms with E-state index < -0.39 is 15.9 Å². The Morgan fingerprint density at radius 3 is 2.92 bits per heavy atom. The molecule has 1 aliphatic heterocycles. The Labute approximate surface area is 75.8 Å². The first-order valence-electron chi connectivity index (χ1n) is 3.43. The molecule has 0 amide bonds. The zero-order valence-corrected chi connectivity index (χ0v) is 7.15. The van der Waals surface area contributed by atoms with Gasteiger partial charge in [0.1, 0.15) is 0 Å². The molecule has 1 atom stereocenters. The lowest BCUT2D eigenvalue weighted by molar-refractivity contribution is -0.385. The minimum Gasteiger partial charge on any atom is -0.258 e. The van der Waals surface area contributed by atoms with Crippen molar-refractivity contribution in [2.24, 2.45) is 4.40 Å². The van der Waals surface area contributed by atoms with Gasteiger partial charge in [-0.25, -0.2) is 4.21 Å². The van der Waals surface area contributed by atoms with Crippen molar-refractivity contribution in [3.05, 3.63) is 33.9 Å². The van der Waals surface area contributed by atoms with E-state index in [-0.39, 0.29) is 5.69 Å². The highest BCUT2D eigenvalue weighted by molar-refractivity contribution is 7.84. The van der Waals surface area contributed by atoms with Gasteiger partial charge in [0, 0.05) is 23.9 Å². The monoisotopic (exact) mass is 196 g/mol. The van der Waals surface area contributed by atoms with Crippen LogP contribution in [0.3, 0.4) is 0 Å². The second-order valence-corrected chi connectivity index (χ2v) is 3.61. The van der Waals surface area contributed by atoms with Crippen molar-refractivity contribution in [3.8, 4) is 0 Å². The van der Waals surface area contributed by atoms with Gasteiger partial charge < -0.3 is 0 Å². The van der Waals surface area contributed by atoms with Crippen LogP contribution >= 0.6 is 0 Å². The molecule has 13 heavy (non-hydrogen) atoms. The van der Waals surface area contributed by atoms with Crippen LogP contribution in [0, 0.1) is 10.1 Å². The molecule has 0 aliphatic carbocycles. The second-order valence-electron chi connectivity index (χ2n) is 2.46. The van der Waals surface area contributed by atoms with Crippen LogP contribution < -0.4 is 0 Å². The SMILES string of the molecule is O=[N+]([O-])c1ccc2c(c1)S(=O)N=C2. The Hall–Kier alpha value is -1.56. The smallest absolute Gasteiger partial charge is 0.258 e. The number of fused-ring (bicyclic) bond motifs is 1. The van der Waals surface area contributed by atoms with Crippen molar-refractivity contribution in [1.29, 1.82) is 0 Å². The lowest BCUT2D eigenvalue weighted by Gasteiger charge is -1.94. The lowest BCUT2D eigenvalue weighted by Crippen LogP contribution is -1.91. The topological polar surface area (TPSA) is 72.6 Å². The number of hydrogen-bond acceptors (Lipinski definition) is 3. The molecule has 0 fully saturated rings. The van der Waals surface area contributed by atoms with Gasteiger partial charge in [-0.05, 0) is 6.07 Å². The van der Waals surface area contributed by atoms with Gasteiger partial charge in [-0.2, -0.15) is 4.40 Å². The average molecular weight is 196 g/mol. The van der Waals surface area contributed by atoms with Crippen molar-refractivity contribution in [1.82, 2.24) is 0 Å². The summed E-state index contributed by atoms with van der Waals surface area (Å²) in [5.41, 5.74) is 0.626. The van der Waals surface area contributed by atoms with Crippen LogP contribution in [0.2, 0.25) is 0 Å². The first-order chi connectivity index (χ1) is 6.18. The minimum atomic E-state index is -1.46. The number of benzene rings is 1. The molecule has 0 bridgehead atoms. The van der Waals surface area contributed by atoms with Gasteiger partial charge in [-0.3, -0.25) is 10.1 Å². The third-order valence-corrected chi connectivity index (χ3v) is 2.71. The van der Waals surface area contributed by atoms with E-state index in [2.05, 4.69) is 4.40 Å². The third kappa shape index (κ3) is 1.25. The molecule has 5 nitrogen and oxygen atoms in total. The van der Waals surface area contributed by atoms with E-state index in [4.69, 9.17) is 0 Å². The molecule has 1 aliphatic rings. The first kappa shape index (κ1) is 8.06. The van der Waals surface area contributed by atoms with Crippen LogP contribution in [0.5, 0.6) is 0 Å². The zero-order chi connectivity index (χ0) is 9.42. The Kier molecular flexibility index (Phi) is 1.70. The zero-order valence-electron chi connectivity index (χ0n) is 6.34.